The van der Waals surface area contributed by atoms with Gasteiger partial charge in [0, 0.05) is 0 Å². The molecule has 1 aliphatic rings. The lowest BCUT2D eigenvalue weighted by Gasteiger charge is -2.37. The van der Waals surface area contributed by atoms with E-state index in [1.807, 2.05) is 43.3 Å². The van der Waals surface area contributed by atoms with Gasteiger partial charge in [0.2, 0.25) is 0 Å². The molecule has 1 unspecified atom stereocenters. The van der Waals surface area contributed by atoms with Gasteiger partial charge in [0.1, 0.15) is 6.61 Å². The van der Waals surface area contributed by atoms with Crippen LogP contribution in [-0.2, 0) is 11.4 Å². The highest BCUT2D eigenvalue weighted by molar-refractivity contribution is 5.70. The highest BCUT2D eigenvalue weighted by atomic mass is 16.5. The van der Waals surface area contributed by atoms with E-state index >= 15 is 0 Å². The second-order valence-corrected chi connectivity index (χ2v) is 8.88. The minimum Gasteiger partial charge on any atom is -0.490 e. The van der Waals surface area contributed by atoms with E-state index < -0.39 is 5.97 Å². The molecule has 1 N–H and O–H groups in total. The molecule has 0 bridgehead atoms. The van der Waals surface area contributed by atoms with Crippen molar-refractivity contribution < 1.29 is 19.4 Å². The minimum absolute atomic E-state index is 0.0250. The SMILES string of the molecule is CCOc1cc(C(c2cccc(C)c2)N2CCC(C(=O)O)CC2)ccc1OCc1ccccc1. The zero-order valence-electron chi connectivity index (χ0n) is 19.9. The number of benzene rings is 3. The Labute approximate surface area is 201 Å². The Kier molecular flexibility index (Phi) is 7.86. The van der Waals surface area contributed by atoms with Crippen molar-refractivity contribution in [2.45, 2.75) is 39.3 Å². The van der Waals surface area contributed by atoms with E-state index in [1.54, 1.807) is 0 Å². The van der Waals surface area contributed by atoms with Crippen LogP contribution in [0.5, 0.6) is 11.5 Å². The first-order chi connectivity index (χ1) is 16.5. The van der Waals surface area contributed by atoms with Crippen molar-refractivity contribution in [3.63, 3.8) is 0 Å². The number of ether oxygens (including phenoxy) is 2. The summed E-state index contributed by atoms with van der Waals surface area (Å²) >= 11 is 0. The summed E-state index contributed by atoms with van der Waals surface area (Å²) < 4.78 is 12.1. The zero-order chi connectivity index (χ0) is 23.9. The lowest BCUT2D eigenvalue weighted by molar-refractivity contribution is -0.143. The molecule has 0 radical (unpaired) electrons. The Morgan fingerprint density at radius 1 is 0.941 bits per heavy atom. The molecule has 5 nitrogen and oxygen atoms in total. The highest BCUT2D eigenvalue weighted by Crippen LogP contribution is 2.38. The summed E-state index contributed by atoms with van der Waals surface area (Å²) in [6.45, 7) is 6.58. The summed E-state index contributed by atoms with van der Waals surface area (Å²) in [6, 6.07) is 24.9. The number of rotatable bonds is 9. The van der Waals surface area contributed by atoms with Crippen LogP contribution in [0.2, 0.25) is 0 Å². The van der Waals surface area contributed by atoms with Gasteiger partial charge < -0.3 is 14.6 Å². The summed E-state index contributed by atoms with van der Waals surface area (Å²) in [7, 11) is 0. The molecule has 5 heteroatoms. The molecule has 34 heavy (non-hydrogen) atoms. The van der Waals surface area contributed by atoms with E-state index in [4.69, 9.17) is 9.47 Å². The van der Waals surface area contributed by atoms with Gasteiger partial charge in [-0.05, 0) is 68.6 Å². The molecular formula is C29H33NO4. The number of hydrogen-bond acceptors (Lipinski definition) is 4. The maximum absolute atomic E-state index is 11.5. The van der Waals surface area contributed by atoms with Crippen molar-refractivity contribution in [2.24, 2.45) is 5.92 Å². The molecule has 0 aromatic heterocycles. The molecule has 3 aromatic carbocycles. The number of carbonyl (C=O) groups is 1. The third-order valence-corrected chi connectivity index (χ3v) is 6.42. The Morgan fingerprint density at radius 2 is 1.68 bits per heavy atom. The summed E-state index contributed by atoms with van der Waals surface area (Å²) in [5.41, 5.74) is 4.63. The Bertz CT molecular complexity index is 1090. The number of aryl methyl sites for hydroxylation is 1. The number of likely N-dealkylation sites (tertiary alicyclic amines) is 1. The maximum atomic E-state index is 11.5. The van der Waals surface area contributed by atoms with Gasteiger partial charge in [0.25, 0.3) is 0 Å². The normalized spacial score (nSPS) is 15.6. The van der Waals surface area contributed by atoms with E-state index in [0.717, 1.165) is 35.7 Å². The molecular weight excluding hydrogens is 426 g/mol. The van der Waals surface area contributed by atoms with Gasteiger partial charge in [-0.15, -0.1) is 0 Å². The first-order valence-electron chi connectivity index (χ1n) is 12.0. The van der Waals surface area contributed by atoms with Crippen molar-refractivity contribution in [3.05, 3.63) is 95.1 Å². The largest absolute Gasteiger partial charge is 0.490 e. The third kappa shape index (κ3) is 5.78. The van der Waals surface area contributed by atoms with Crippen molar-refractivity contribution in [1.29, 1.82) is 0 Å². The second-order valence-electron chi connectivity index (χ2n) is 8.88. The lowest BCUT2D eigenvalue weighted by atomic mass is 9.90. The molecule has 1 atom stereocenters. The average Bonchev–Trinajstić information content (AvgIpc) is 2.85. The second kappa shape index (κ2) is 11.2. The van der Waals surface area contributed by atoms with Crippen LogP contribution in [0.3, 0.4) is 0 Å². The molecule has 4 rings (SSSR count). The van der Waals surface area contributed by atoms with Crippen LogP contribution >= 0.6 is 0 Å². The molecule has 0 aliphatic carbocycles. The fourth-order valence-electron chi connectivity index (χ4n) is 4.68. The quantitative estimate of drug-likeness (QED) is 0.434. The highest BCUT2D eigenvalue weighted by Gasteiger charge is 2.30. The number of carboxylic acid groups (broad SMARTS) is 1. The van der Waals surface area contributed by atoms with Gasteiger partial charge in [0.05, 0.1) is 18.6 Å². The van der Waals surface area contributed by atoms with Crippen LogP contribution in [0.15, 0.2) is 72.8 Å². The van der Waals surface area contributed by atoms with Gasteiger partial charge in [-0.25, -0.2) is 0 Å². The molecule has 0 amide bonds. The lowest BCUT2D eigenvalue weighted by Crippen LogP contribution is -2.39. The average molecular weight is 460 g/mol. The Hall–Kier alpha value is -3.31. The van der Waals surface area contributed by atoms with E-state index in [2.05, 4.69) is 48.2 Å². The predicted molar refractivity (Wildman–Crippen MR) is 133 cm³/mol. The van der Waals surface area contributed by atoms with Crippen molar-refractivity contribution >= 4 is 5.97 Å². The van der Waals surface area contributed by atoms with Gasteiger partial charge in [-0.2, -0.15) is 0 Å². The van der Waals surface area contributed by atoms with E-state index in [1.165, 1.54) is 11.1 Å². The topological polar surface area (TPSA) is 59.0 Å². The van der Waals surface area contributed by atoms with E-state index in [9.17, 15) is 9.90 Å². The predicted octanol–water partition coefficient (Wildman–Crippen LogP) is 5.86. The van der Waals surface area contributed by atoms with Crippen LogP contribution in [0.25, 0.3) is 0 Å². The fraction of sp³-hybridized carbons (Fsp3) is 0.345. The smallest absolute Gasteiger partial charge is 0.306 e. The molecule has 178 valence electrons. The maximum Gasteiger partial charge on any atom is 0.306 e. The molecule has 1 aliphatic heterocycles. The van der Waals surface area contributed by atoms with Crippen molar-refractivity contribution in [2.75, 3.05) is 19.7 Å². The summed E-state index contributed by atoms with van der Waals surface area (Å²) in [5, 5.41) is 9.44. The summed E-state index contributed by atoms with van der Waals surface area (Å²) in [5.74, 6) is 0.503. The first-order valence-corrected chi connectivity index (χ1v) is 12.0. The molecule has 1 fully saturated rings. The van der Waals surface area contributed by atoms with Gasteiger partial charge >= 0.3 is 5.97 Å². The zero-order valence-corrected chi connectivity index (χ0v) is 19.9. The van der Waals surface area contributed by atoms with Gasteiger partial charge in [-0.3, -0.25) is 9.69 Å². The molecule has 3 aromatic rings. The number of hydrogen-bond donors (Lipinski definition) is 1. The van der Waals surface area contributed by atoms with Crippen LogP contribution in [-0.4, -0.2) is 35.7 Å². The Balaban J connectivity index is 1.63. The van der Waals surface area contributed by atoms with Crippen molar-refractivity contribution in [1.82, 2.24) is 4.90 Å². The van der Waals surface area contributed by atoms with E-state index in [-0.39, 0.29) is 12.0 Å². The molecule has 1 saturated heterocycles. The van der Waals surface area contributed by atoms with Crippen LogP contribution < -0.4 is 9.47 Å². The fourth-order valence-corrected chi connectivity index (χ4v) is 4.68. The summed E-state index contributed by atoms with van der Waals surface area (Å²) in [6.07, 6.45) is 1.32. The van der Waals surface area contributed by atoms with Crippen molar-refractivity contribution in [3.8, 4) is 11.5 Å². The Morgan fingerprint density at radius 3 is 2.35 bits per heavy atom. The number of carboxylic acids is 1. The van der Waals surface area contributed by atoms with Crippen LogP contribution in [0.1, 0.15) is 48.1 Å². The van der Waals surface area contributed by atoms with Crippen LogP contribution in [0.4, 0.5) is 0 Å². The standard InChI is InChI=1S/C29H33NO4/c1-3-33-27-19-25(12-13-26(27)34-20-22-9-5-4-6-10-22)28(24-11-7-8-21(2)18-24)30-16-14-23(15-17-30)29(31)32/h4-13,18-19,23,28H,3,14-17,20H2,1-2H3,(H,31,32). The number of nitrogens with zero attached hydrogens (tertiary/aromatic N) is 1. The summed E-state index contributed by atoms with van der Waals surface area (Å²) in [4.78, 5) is 13.9. The number of piperidine rings is 1. The van der Waals surface area contributed by atoms with Gasteiger partial charge in [0.15, 0.2) is 11.5 Å². The minimum atomic E-state index is -0.690. The van der Waals surface area contributed by atoms with E-state index in [0.29, 0.717) is 26.1 Å². The molecule has 1 heterocycles. The number of aliphatic carboxylic acids is 1. The first kappa shape index (κ1) is 23.8. The van der Waals surface area contributed by atoms with Gasteiger partial charge in [-0.1, -0.05) is 66.2 Å². The third-order valence-electron chi connectivity index (χ3n) is 6.42. The monoisotopic (exact) mass is 459 g/mol. The molecule has 0 spiro atoms. The molecule has 0 saturated carbocycles. The van der Waals surface area contributed by atoms with Crippen LogP contribution in [0, 0.1) is 12.8 Å².